The number of aliphatic hydroxyl groups is 1. The maximum atomic E-state index is 14.0. The molecule has 10 N–H and O–H groups in total. The fourth-order valence-corrected chi connectivity index (χ4v) is 6.73. The van der Waals surface area contributed by atoms with Gasteiger partial charge in [0.25, 0.3) is 23.6 Å². The van der Waals surface area contributed by atoms with Crippen molar-refractivity contribution in [2.24, 2.45) is 5.41 Å². The number of carboxylic acid groups (broad SMARTS) is 1. The lowest BCUT2D eigenvalue weighted by molar-refractivity contribution is -0.181. The number of amides is 5. The topological polar surface area (TPSA) is 335 Å². The lowest BCUT2D eigenvalue weighted by atomic mass is 9.96. The van der Waals surface area contributed by atoms with Crippen molar-refractivity contribution in [3.8, 4) is 28.7 Å². The van der Waals surface area contributed by atoms with Crippen molar-refractivity contribution in [1.82, 2.24) is 25.3 Å². The third kappa shape index (κ3) is 13.3. The molecule has 2 aromatic heterocycles. The maximum Gasteiger partial charge on any atom is 0.339 e. The number of nitrogens with one attached hydrogen (secondary N) is 5. The van der Waals surface area contributed by atoms with Gasteiger partial charge >= 0.3 is 5.97 Å². The first-order valence-electron chi connectivity index (χ1n) is 22.0. The summed E-state index contributed by atoms with van der Waals surface area (Å²) in [7, 11) is 2.35. The highest BCUT2D eigenvalue weighted by Gasteiger charge is 2.28. The molecule has 0 aliphatic rings. The molecule has 0 saturated carbocycles. The summed E-state index contributed by atoms with van der Waals surface area (Å²) in [5.74, 6) is -6.85. The molecule has 0 aliphatic carbocycles. The zero-order chi connectivity index (χ0) is 53.1. The first-order valence-corrected chi connectivity index (χ1v) is 22.0. The van der Waals surface area contributed by atoms with E-state index < -0.39 is 70.3 Å². The van der Waals surface area contributed by atoms with Crippen molar-refractivity contribution < 1.29 is 68.5 Å². The first kappa shape index (κ1) is 53.0. The maximum absolute atomic E-state index is 14.0. The van der Waals surface area contributed by atoms with Gasteiger partial charge in [-0.1, -0.05) is 38.1 Å². The van der Waals surface area contributed by atoms with Crippen LogP contribution in [0.25, 0.3) is 6.08 Å². The van der Waals surface area contributed by atoms with Crippen LogP contribution in [-0.4, -0.2) is 108 Å². The molecule has 380 valence electrons. The van der Waals surface area contributed by atoms with Gasteiger partial charge in [-0.2, -0.15) is 0 Å². The molecule has 23 heteroatoms. The summed E-state index contributed by atoms with van der Waals surface area (Å²) in [5, 5.41) is 71.8. The summed E-state index contributed by atoms with van der Waals surface area (Å²) in [6, 6.07) is 18.1. The van der Waals surface area contributed by atoms with Crippen LogP contribution in [0.5, 0.6) is 28.7 Å². The number of carbonyl (C=O) groups excluding carboxylic acids is 5. The summed E-state index contributed by atoms with van der Waals surface area (Å²) in [6.07, 6.45) is 2.92. The SMILES string of the molecule is COc1c(NC(=O)c2ccc(NC(=O)c3ccc(NC(=O)C(Cc4cnnn4COC(O)C(C)(C)C)NC(=O)c4ccc(NC(=O)/C(C)=C/c5ccc(O)cc5)cn4)cc3)c(OC)c2O)ccc(C(=O)O)c1O. The molecule has 0 spiro atoms. The summed E-state index contributed by atoms with van der Waals surface area (Å²) < 4.78 is 17.3. The van der Waals surface area contributed by atoms with E-state index >= 15 is 0 Å². The molecular formula is C50H51N9O14. The van der Waals surface area contributed by atoms with Gasteiger partial charge in [0.1, 0.15) is 29.8 Å². The number of phenols is 3. The fraction of sp³-hybridized carbons (Fsp3) is 0.220. The van der Waals surface area contributed by atoms with E-state index in [4.69, 9.17) is 14.2 Å². The largest absolute Gasteiger partial charge is 0.508 e. The molecule has 4 aromatic carbocycles. The molecule has 23 nitrogen and oxygen atoms in total. The predicted octanol–water partition coefficient (Wildman–Crippen LogP) is 5.37. The molecule has 0 fully saturated rings. The third-order valence-corrected chi connectivity index (χ3v) is 10.8. The summed E-state index contributed by atoms with van der Waals surface area (Å²) in [5.41, 5.74) is 0.325. The van der Waals surface area contributed by atoms with Gasteiger partial charge in [-0.15, -0.1) is 5.10 Å². The van der Waals surface area contributed by atoms with E-state index in [9.17, 15) is 54.3 Å². The molecule has 0 aliphatic heterocycles. The van der Waals surface area contributed by atoms with Crippen molar-refractivity contribution in [2.45, 2.75) is 53.2 Å². The Morgan fingerprint density at radius 1 is 0.712 bits per heavy atom. The van der Waals surface area contributed by atoms with Crippen molar-refractivity contribution in [3.63, 3.8) is 0 Å². The van der Waals surface area contributed by atoms with Gasteiger partial charge in [-0.3, -0.25) is 24.0 Å². The Morgan fingerprint density at radius 3 is 1.90 bits per heavy atom. The molecule has 2 atom stereocenters. The number of benzene rings is 4. The molecule has 6 aromatic rings. The van der Waals surface area contributed by atoms with E-state index in [2.05, 4.69) is 41.9 Å². The number of anilines is 4. The number of ether oxygens (including phenoxy) is 3. The molecule has 0 bridgehead atoms. The average molecular weight is 1000 g/mol. The van der Waals surface area contributed by atoms with Gasteiger partial charge < -0.3 is 66.3 Å². The van der Waals surface area contributed by atoms with Crippen molar-refractivity contribution >= 4 is 64.3 Å². The van der Waals surface area contributed by atoms with E-state index in [1.165, 1.54) is 90.9 Å². The van der Waals surface area contributed by atoms with Crippen LogP contribution in [0.1, 0.15) is 80.5 Å². The predicted molar refractivity (Wildman–Crippen MR) is 263 cm³/mol. The van der Waals surface area contributed by atoms with Crippen LogP contribution in [-0.2, 0) is 27.5 Å². The standard InChI is InChI=1S/C50H51N9O14/c1-26(21-27-7-14-32(60)15-8-27)43(63)54-30-13-18-37(51-23-30)46(66)57-38(22-31-24-52-58-59(31)25-73-49(70)50(2,3)4)47(67)53-29-11-9-28(10-12-29)44(64)55-35-19-16-33(39(61)41(35)71-5)45(65)56-36-20-17-34(48(68)69)40(62)42(36)72-6/h7-21,23-24,38,49,60-62,70H,22,25H2,1-6H3,(H,53,67)(H,54,63)(H,55,64)(H,56,65)(H,57,66)(H,68,69)/b26-21+. The smallest absolute Gasteiger partial charge is 0.339 e. The van der Waals surface area contributed by atoms with Gasteiger partial charge in [0, 0.05) is 28.7 Å². The molecule has 2 unspecified atom stereocenters. The van der Waals surface area contributed by atoms with E-state index in [-0.39, 0.29) is 70.0 Å². The van der Waals surface area contributed by atoms with Crippen molar-refractivity contribution in [1.29, 1.82) is 0 Å². The lowest BCUT2D eigenvalue weighted by Gasteiger charge is -2.25. The van der Waals surface area contributed by atoms with E-state index in [0.29, 0.717) is 16.8 Å². The molecule has 5 amide bonds. The Kier molecular flexibility index (Phi) is 16.7. The highest BCUT2D eigenvalue weighted by molar-refractivity contribution is 6.11. The minimum absolute atomic E-state index is 0.0336. The second kappa shape index (κ2) is 23.0. The van der Waals surface area contributed by atoms with Gasteiger partial charge in [0.2, 0.25) is 5.91 Å². The monoisotopic (exact) mass is 1000 g/mol. The number of carbonyl (C=O) groups is 6. The number of pyridine rings is 1. The number of nitrogens with zero attached hydrogens (tertiary/aromatic N) is 4. The number of hydrogen-bond donors (Lipinski definition) is 10. The van der Waals surface area contributed by atoms with Crippen LogP contribution in [0, 0.1) is 5.41 Å². The molecule has 2 heterocycles. The minimum Gasteiger partial charge on any atom is -0.508 e. The summed E-state index contributed by atoms with van der Waals surface area (Å²) in [4.78, 5) is 82.9. The lowest BCUT2D eigenvalue weighted by Crippen LogP contribution is -2.46. The van der Waals surface area contributed by atoms with Crippen LogP contribution in [0.3, 0.4) is 0 Å². The van der Waals surface area contributed by atoms with Crippen LogP contribution in [0.15, 0.2) is 103 Å². The quantitative estimate of drug-likeness (QED) is 0.0360. The first-order chi connectivity index (χ1) is 34.7. The Morgan fingerprint density at radius 2 is 1.32 bits per heavy atom. The molecule has 0 radical (unpaired) electrons. The Hall–Kier alpha value is -9.35. The number of phenolic OH excluding ortho intramolecular Hbond substituents is 2. The normalized spacial score (nSPS) is 12.2. The van der Waals surface area contributed by atoms with Gasteiger partial charge in [-0.05, 0) is 91.4 Å². The highest BCUT2D eigenvalue weighted by Crippen LogP contribution is 2.40. The Balaban J connectivity index is 1.15. The number of methoxy groups -OCH3 is 2. The average Bonchev–Trinajstić information content (AvgIpc) is 3.80. The number of aromatic hydroxyl groups is 3. The number of aliphatic hydroxyl groups excluding tert-OH is 1. The van der Waals surface area contributed by atoms with E-state index in [1.54, 1.807) is 45.9 Å². The molecule has 6 rings (SSSR count). The van der Waals surface area contributed by atoms with E-state index in [1.807, 2.05) is 0 Å². The molecule has 0 saturated heterocycles. The highest BCUT2D eigenvalue weighted by atomic mass is 16.6. The second-order valence-electron chi connectivity index (χ2n) is 17.1. The summed E-state index contributed by atoms with van der Waals surface area (Å²) in [6.45, 7) is 6.69. The Bertz CT molecular complexity index is 3060. The third-order valence-electron chi connectivity index (χ3n) is 10.8. The number of aromatic carboxylic acids is 1. The number of hydrogen-bond acceptors (Lipinski definition) is 16. The van der Waals surface area contributed by atoms with Crippen LogP contribution < -0.4 is 36.1 Å². The minimum atomic E-state index is -1.43. The molecule has 73 heavy (non-hydrogen) atoms. The number of carboxylic acids is 1. The second-order valence-corrected chi connectivity index (χ2v) is 17.1. The fourth-order valence-electron chi connectivity index (χ4n) is 6.73. The van der Waals surface area contributed by atoms with Crippen LogP contribution >= 0.6 is 0 Å². The number of aromatic nitrogens is 4. The van der Waals surface area contributed by atoms with Gasteiger partial charge in [0.15, 0.2) is 29.3 Å². The zero-order valence-corrected chi connectivity index (χ0v) is 40.1. The van der Waals surface area contributed by atoms with E-state index in [0.717, 1.165) is 13.2 Å². The van der Waals surface area contributed by atoms with Crippen molar-refractivity contribution in [2.75, 3.05) is 35.5 Å². The Labute approximate surface area is 416 Å². The molecular weight excluding hydrogens is 951 g/mol. The number of rotatable bonds is 19. The van der Waals surface area contributed by atoms with Crippen molar-refractivity contribution in [3.05, 3.63) is 137 Å². The van der Waals surface area contributed by atoms with Crippen LogP contribution in [0.2, 0.25) is 0 Å². The van der Waals surface area contributed by atoms with Crippen LogP contribution in [0.4, 0.5) is 22.7 Å². The van der Waals surface area contributed by atoms with Gasteiger partial charge in [0.05, 0.1) is 54.9 Å². The zero-order valence-electron chi connectivity index (χ0n) is 40.1. The summed E-state index contributed by atoms with van der Waals surface area (Å²) >= 11 is 0. The van der Waals surface area contributed by atoms with Gasteiger partial charge in [-0.25, -0.2) is 14.5 Å².